The second-order valence-electron chi connectivity index (χ2n) is 12.6. The monoisotopic (exact) mass is 573 g/mol. The number of nitrogens with zero attached hydrogens (tertiary/aromatic N) is 1. The van der Waals surface area contributed by atoms with Crippen molar-refractivity contribution in [1.82, 2.24) is 4.57 Å². The fourth-order valence-corrected chi connectivity index (χ4v) is 5.77. The van der Waals surface area contributed by atoms with E-state index in [0.29, 0.717) is 16.5 Å². The fraction of sp³-hybridized carbons (Fsp3) is 0.484. The number of halogens is 2. The van der Waals surface area contributed by atoms with Gasteiger partial charge in [-0.3, -0.25) is 4.79 Å². The SMILES string of the molecule is CCOC(=O)c1cn(C(CCC(C)(C)[Si](C)(C)O)C(C)(C)C)c2ccc(Cc3cccc(Cl)c3F)cc2c1=O. The van der Waals surface area contributed by atoms with Crippen LogP contribution in [0, 0.1) is 11.2 Å². The van der Waals surface area contributed by atoms with Crippen LogP contribution in [0.15, 0.2) is 47.4 Å². The first-order valence-corrected chi connectivity index (χ1v) is 16.8. The van der Waals surface area contributed by atoms with E-state index in [1.165, 1.54) is 6.07 Å². The van der Waals surface area contributed by atoms with Crippen molar-refractivity contribution in [3.63, 3.8) is 0 Å². The number of aromatic nitrogens is 1. The molecule has 1 heterocycles. The van der Waals surface area contributed by atoms with E-state index in [0.717, 1.165) is 18.4 Å². The number of pyridine rings is 1. The number of carbonyl (C=O) groups is 1. The lowest BCUT2D eigenvalue weighted by Crippen LogP contribution is -2.40. The van der Waals surface area contributed by atoms with E-state index in [1.807, 2.05) is 29.8 Å². The Labute approximate surface area is 237 Å². The summed E-state index contributed by atoms with van der Waals surface area (Å²) in [5.74, 6) is -1.15. The van der Waals surface area contributed by atoms with Crippen LogP contribution >= 0.6 is 11.6 Å². The topological polar surface area (TPSA) is 68.5 Å². The zero-order chi connectivity index (χ0) is 29.3. The quantitative estimate of drug-likeness (QED) is 0.209. The summed E-state index contributed by atoms with van der Waals surface area (Å²) in [7, 11) is -2.44. The van der Waals surface area contributed by atoms with E-state index in [9.17, 15) is 18.8 Å². The van der Waals surface area contributed by atoms with Gasteiger partial charge in [-0.05, 0) is 72.6 Å². The summed E-state index contributed by atoms with van der Waals surface area (Å²) in [4.78, 5) is 37.4. The van der Waals surface area contributed by atoms with Crippen molar-refractivity contribution in [3.05, 3.63) is 80.3 Å². The molecular weight excluding hydrogens is 533 g/mol. The molecule has 0 saturated heterocycles. The van der Waals surface area contributed by atoms with E-state index >= 15 is 0 Å². The first-order valence-electron chi connectivity index (χ1n) is 13.5. The van der Waals surface area contributed by atoms with Crippen LogP contribution in [0.5, 0.6) is 0 Å². The van der Waals surface area contributed by atoms with Crippen molar-refractivity contribution in [2.45, 2.75) is 85.0 Å². The molecule has 212 valence electrons. The molecule has 0 aliphatic rings. The first kappa shape index (κ1) is 31.0. The number of hydrogen-bond donors (Lipinski definition) is 1. The smallest absolute Gasteiger partial charge is 0.343 e. The van der Waals surface area contributed by atoms with Gasteiger partial charge >= 0.3 is 5.97 Å². The maximum absolute atomic E-state index is 14.6. The number of rotatable bonds is 9. The lowest BCUT2D eigenvalue weighted by atomic mass is 9.82. The summed E-state index contributed by atoms with van der Waals surface area (Å²) in [5, 5.41) is 0.194. The second kappa shape index (κ2) is 11.6. The van der Waals surface area contributed by atoms with Crippen LogP contribution in [-0.4, -0.2) is 30.3 Å². The highest BCUT2D eigenvalue weighted by molar-refractivity contribution is 6.72. The van der Waals surface area contributed by atoms with Crippen molar-refractivity contribution >= 4 is 36.8 Å². The Morgan fingerprint density at radius 3 is 2.41 bits per heavy atom. The molecule has 0 aliphatic carbocycles. The number of carbonyl (C=O) groups excluding carboxylic acids is 1. The Morgan fingerprint density at radius 2 is 1.82 bits per heavy atom. The van der Waals surface area contributed by atoms with Gasteiger partial charge in [0, 0.05) is 24.0 Å². The molecule has 0 fully saturated rings. The summed E-state index contributed by atoms with van der Waals surface area (Å²) >= 11 is 5.98. The average Bonchev–Trinajstić information content (AvgIpc) is 2.82. The molecule has 1 aromatic heterocycles. The fourth-order valence-electron chi connectivity index (χ4n) is 4.82. The summed E-state index contributed by atoms with van der Waals surface area (Å²) in [6, 6.07) is 10.3. The molecule has 1 atom stereocenters. The Hall–Kier alpha value is -2.48. The first-order chi connectivity index (χ1) is 18.0. The van der Waals surface area contributed by atoms with Gasteiger partial charge in [0.05, 0.1) is 17.1 Å². The Morgan fingerprint density at radius 1 is 1.15 bits per heavy atom. The van der Waals surface area contributed by atoms with Crippen molar-refractivity contribution in [3.8, 4) is 0 Å². The number of hydrogen-bond acceptors (Lipinski definition) is 4. The molecule has 0 aliphatic heterocycles. The van der Waals surface area contributed by atoms with Gasteiger partial charge in [0.1, 0.15) is 11.4 Å². The molecule has 0 spiro atoms. The summed E-state index contributed by atoms with van der Waals surface area (Å²) in [5.41, 5.74) is 1.19. The zero-order valence-electron chi connectivity index (χ0n) is 24.3. The van der Waals surface area contributed by atoms with Crippen LogP contribution < -0.4 is 5.43 Å². The molecule has 1 N–H and O–H groups in total. The van der Waals surface area contributed by atoms with Gasteiger partial charge in [-0.25, -0.2) is 9.18 Å². The van der Waals surface area contributed by atoms with E-state index in [-0.39, 0.29) is 40.1 Å². The lowest BCUT2D eigenvalue weighted by Gasteiger charge is -2.40. The molecule has 0 amide bonds. The number of ether oxygens (including phenoxy) is 1. The number of benzene rings is 2. The Kier molecular flexibility index (Phi) is 9.20. The largest absolute Gasteiger partial charge is 0.462 e. The van der Waals surface area contributed by atoms with Gasteiger partial charge in [-0.15, -0.1) is 0 Å². The zero-order valence-corrected chi connectivity index (χ0v) is 26.1. The summed E-state index contributed by atoms with van der Waals surface area (Å²) < 4.78 is 21.9. The minimum absolute atomic E-state index is 0.0270. The molecule has 0 saturated carbocycles. The maximum Gasteiger partial charge on any atom is 0.343 e. The van der Waals surface area contributed by atoms with Crippen LogP contribution in [0.25, 0.3) is 10.9 Å². The van der Waals surface area contributed by atoms with Gasteiger partial charge in [0.2, 0.25) is 5.43 Å². The van der Waals surface area contributed by atoms with Crippen molar-refractivity contribution in [2.75, 3.05) is 6.61 Å². The van der Waals surface area contributed by atoms with E-state index < -0.39 is 25.5 Å². The van der Waals surface area contributed by atoms with Crippen LogP contribution in [0.4, 0.5) is 4.39 Å². The molecule has 3 aromatic rings. The number of esters is 1. The van der Waals surface area contributed by atoms with Crippen LogP contribution in [0.3, 0.4) is 0 Å². The third-order valence-electron chi connectivity index (χ3n) is 8.05. The molecule has 39 heavy (non-hydrogen) atoms. The van der Waals surface area contributed by atoms with Gasteiger partial charge in [-0.2, -0.15) is 0 Å². The van der Waals surface area contributed by atoms with Crippen molar-refractivity contribution in [1.29, 1.82) is 0 Å². The third kappa shape index (κ3) is 6.81. The minimum atomic E-state index is -2.44. The highest BCUT2D eigenvalue weighted by Crippen LogP contribution is 2.45. The van der Waals surface area contributed by atoms with E-state index in [1.54, 1.807) is 31.3 Å². The van der Waals surface area contributed by atoms with Crippen molar-refractivity contribution < 1.29 is 18.7 Å². The molecule has 5 nitrogen and oxygen atoms in total. The molecular formula is C31H41ClFNO4Si. The van der Waals surface area contributed by atoms with Crippen molar-refractivity contribution in [2.24, 2.45) is 5.41 Å². The minimum Gasteiger partial charge on any atom is -0.462 e. The average molecular weight is 574 g/mol. The standard InChI is InChI=1S/C31H41ClFNO4Si/c1-9-38-29(36)23-19-34(26(30(2,3)4)15-16-31(5,6)39(7,8)37)25-14-13-20(18-22(25)28(23)35)17-21-11-10-12-24(32)27(21)33/h10-14,18-19,26,37H,9,15-17H2,1-8H3. The van der Waals surface area contributed by atoms with Crippen LogP contribution in [0.2, 0.25) is 23.2 Å². The van der Waals surface area contributed by atoms with Gasteiger partial charge in [-0.1, -0.05) is 64.4 Å². The predicted octanol–water partition coefficient (Wildman–Crippen LogP) is 7.91. The third-order valence-corrected chi connectivity index (χ3v) is 11.9. The molecule has 1 unspecified atom stereocenters. The molecule has 8 heteroatoms. The van der Waals surface area contributed by atoms with Crippen LogP contribution in [0.1, 0.15) is 81.9 Å². The molecule has 2 aromatic carbocycles. The molecule has 3 rings (SSSR count). The van der Waals surface area contributed by atoms with E-state index in [4.69, 9.17) is 16.3 Å². The normalized spacial score (nSPS) is 13.5. The summed E-state index contributed by atoms with van der Waals surface area (Å²) in [6.07, 6.45) is 3.39. The predicted molar refractivity (Wildman–Crippen MR) is 160 cm³/mol. The Balaban J connectivity index is 2.21. The van der Waals surface area contributed by atoms with Gasteiger partial charge in [0.15, 0.2) is 8.32 Å². The number of fused-ring (bicyclic) bond motifs is 1. The van der Waals surface area contributed by atoms with Crippen LogP contribution in [-0.2, 0) is 11.2 Å². The lowest BCUT2D eigenvalue weighted by molar-refractivity contribution is 0.0523. The van der Waals surface area contributed by atoms with Gasteiger partial charge in [0.25, 0.3) is 0 Å². The summed E-state index contributed by atoms with van der Waals surface area (Å²) in [6.45, 7) is 16.4. The second-order valence-corrected chi connectivity index (χ2v) is 17.5. The molecule has 0 radical (unpaired) electrons. The Bertz CT molecular complexity index is 1420. The highest BCUT2D eigenvalue weighted by atomic mass is 35.5. The molecule has 0 bridgehead atoms. The maximum atomic E-state index is 14.6. The highest BCUT2D eigenvalue weighted by Gasteiger charge is 2.39. The van der Waals surface area contributed by atoms with E-state index in [2.05, 4.69) is 34.6 Å². The van der Waals surface area contributed by atoms with Gasteiger partial charge < -0.3 is 14.1 Å².